The summed E-state index contributed by atoms with van der Waals surface area (Å²) in [5, 5.41) is 7.02. The van der Waals surface area contributed by atoms with Crippen LogP contribution in [0.2, 0.25) is 0 Å². The molecule has 138 valence electrons. The molecule has 4 rings (SSSR count). The number of halogens is 1. The minimum Gasteiger partial charge on any atom is -0.322 e. The molecule has 0 aliphatic rings. The van der Waals surface area contributed by atoms with Crippen LogP contribution in [0.4, 0.5) is 10.1 Å². The van der Waals surface area contributed by atoms with E-state index in [9.17, 15) is 9.18 Å². The highest BCUT2D eigenvalue weighted by Crippen LogP contribution is 2.24. The van der Waals surface area contributed by atoms with Gasteiger partial charge >= 0.3 is 0 Å². The minimum atomic E-state index is -0.469. The van der Waals surface area contributed by atoms with Crippen molar-refractivity contribution in [3.8, 4) is 22.5 Å². The summed E-state index contributed by atoms with van der Waals surface area (Å²) in [5.41, 5.74) is 3.70. The Kier molecular flexibility index (Phi) is 4.93. The molecule has 0 fully saturated rings. The first-order valence-electron chi connectivity index (χ1n) is 8.79. The van der Waals surface area contributed by atoms with Crippen LogP contribution in [-0.4, -0.2) is 20.7 Å². The molecule has 0 aliphatic heterocycles. The zero-order valence-electron chi connectivity index (χ0n) is 14.9. The van der Waals surface area contributed by atoms with E-state index >= 15 is 0 Å². The molecule has 0 saturated heterocycles. The quantitative estimate of drug-likeness (QED) is 0.565. The van der Waals surface area contributed by atoms with E-state index in [-0.39, 0.29) is 18.1 Å². The Bertz CT molecular complexity index is 1110. The SMILES string of the molecule is O=C(Cn1ccc(-c2cccc(-c3ccccn3)c2)n1)Nc1ccccc1F. The Morgan fingerprint density at radius 1 is 0.929 bits per heavy atom. The van der Waals surface area contributed by atoms with Gasteiger partial charge in [0.15, 0.2) is 0 Å². The Morgan fingerprint density at radius 3 is 2.50 bits per heavy atom. The average molecular weight is 372 g/mol. The van der Waals surface area contributed by atoms with Crippen LogP contribution in [0.25, 0.3) is 22.5 Å². The smallest absolute Gasteiger partial charge is 0.246 e. The third-order valence-corrected chi connectivity index (χ3v) is 4.21. The van der Waals surface area contributed by atoms with Crippen molar-refractivity contribution < 1.29 is 9.18 Å². The van der Waals surface area contributed by atoms with E-state index in [0.717, 1.165) is 22.5 Å². The van der Waals surface area contributed by atoms with Crippen molar-refractivity contribution in [2.24, 2.45) is 0 Å². The zero-order chi connectivity index (χ0) is 19.3. The molecule has 0 unspecified atom stereocenters. The molecule has 0 aliphatic carbocycles. The number of carbonyl (C=O) groups excluding carboxylic acids is 1. The van der Waals surface area contributed by atoms with Gasteiger partial charge in [0.05, 0.1) is 17.1 Å². The number of nitrogens with zero attached hydrogens (tertiary/aromatic N) is 3. The molecule has 0 spiro atoms. The number of carbonyl (C=O) groups is 1. The van der Waals surface area contributed by atoms with Crippen LogP contribution in [0.3, 0.4) is 0 Å². The first-order chi connectivity index (χ1) is 13.7. The van der Waals surface area contributed by atoms with E-state index < -0.39 is 5.82 Å². The fraction of sp³-hybridized carbons (Fsp3) is 0.0455. The fourth-order valence-electron chi connectivity index (χ4n) is 2.87. The van der Waals surface area contributed by atoms with Crippen molar-refractivity contribution in [3.63, 3.8) is 0 Å². The van der Waals surface area contributed by atoms with E-state index in [1.807, 2.05) is 48.5 Å². The summed E-state index contributed by atoms with van der Waals surface area (Å²) in [4.78, 5) is 16.5. The highest BCUT2D eigenvalue weighted by atomic mass is 19.1. The van der Waals surface area contributed by atoms with Crippen LogP contribution in [-0.2, 0) is 11.3 Å². The lowest BCUT2D eigenvalue weighted by Gasteiger charge is -2.06. The number of benzene rings is 2. The van der Waals surface area contributed by atoms with Crippen molar-refractivity contribution >= 4 is 11.6 Å². The summed E-state index contributed by atoms with van der Waals surface area (Å²) in [7, 11) is 0. The lowest BCUT2D eigenvalue weighted by molar-refractivity contribution is -0.116. The Hall–Kier alpha value is -3.80. The van der Waals surface area contributed by atoms with Crippen LogP contribution in [0.1, 0.15) is 0 Å². The van der Waals surface area contributed by atoms with E-state index in [1.165, 1.54) is 16.8 Å². The lowest BCUT2D eigenvalue weighted by atomic mass is 10.1. The van der Waals surface area contributed by atoms with Crippen molar-refractivity contribution in [2.45, 2.75) is 6.54 Å². The predicted octanol–water partition coefficient (Wildman–Crippen LogP) is 4.39. The second-order valence-electron chi connectivity index (χ2n) is 6.22. The van der Waals surface area contributed by atoms with Crippen LogP contribution in [0.5, 0.6) is 0 Å². The number of pyridine rings is 1. The first kappa shape index (κ1) is 17.6. The molecular formula is C22H17FN4O. The minimum absolute atomic E-state index is 0.00569. The maximum absolute atomic E-state index is 13.6. The van der Waals surface area contributed by atoms with Gasteiger partial charge in [-0.2, -0.15) is 5.10 Å². The van der Waals surface area contributed by atoms with Crippen molar-refractivity contribution in [2.75, 3.05) is 5.32 Å². The summed E-state index contributed by atoms with van der Waals surface area (Å²) in [5.74, 6) is -0.815. The van der Waals surface area contributed by atoms with E-state index in [4.69, 9.17) is 0 Å². The number of aromatic nitrogens is 3. The molecule has 2 aromatic carbocycles. The summed E-state index contributed by atoms with van der Waals surface area (Å²) < 4.78 is 15.2. The van der Waals surface area contributed by atoms with E-state index in [1.54, 1.807) is 24.5 Å². The monoisotopic (exact) mass is 372 g/mol. The largest absolute Gasteiger partial charge is 0.322 e. The Balaban J connectivity index is 1.49. The molecule has 6 heteroatoms. The molecule has 4 aromatic rings. The highest BCUT2D eigenvalue weighted by Gasteiger charge is 2.10. The fourth-order valence-corrected chi connectivity index (χ4v) is 2.87. The molecule has 0 bridgehead atoms. The van der Waals surface area contributed by atoms with Crippen molar-refractivity contribution in [1.29, 1.82) is 0 Å². The first-order valence-corrected chi connectivity index (χ1v) is 8.79. The third-order valence-electron chi connectivity index (χ3n) is 4.21. The second kappa shape index (κ2) is 7.84. The maximum atomic E-state index is 13.6. The number of rotatable bonds is 5. The van der Waals surface area contributed by atoms with Gasteiger partial charge in [-0.25, -0.2) is 4.39 Å². The van der Waals surface area contributed by atoms with Gasteiger partial charge in [-0.3, -0.25) is 14.5 Å². The van der Waals surface area contributed by atoms with Gasteiger partial charge in [-0.1, -0.05) is 36.4 Å². The molecule has 28 heavy (non-hydrogen) atoms. The number of hydrogen-bond donors (Lipinski definition) is 1. The Morgan fingerprint density at radius 2 is 1.71 bits per heavy atom. The standard InChI is InChI=1S/C22H17FN4O/c23-18-8-1-2-10-21(18)25-22(28)15-27-13-11-20(26-27)17-7-5-6-16(14-17)19-9-3-4-12-24-19/h1-14H,15H2,(H,25,28). The van der Waals surface area contributed by atoms with Gasteiger partial charge in [-0.15, -0.1) is 0 Å². The maximum Gasteiger partial charge on any atom is 0.246 e. The Labute approximate surface area is 161 Å². The molecule has 1 N–H and O–H groups in total. The molecule has 5 nitrogen and oxygen atoms in total. The number of nitrogens with one attached hydrogen (secondary N) is 1. The van der Waals surface area contributed by atoms with Crippen LogP contribution in [0.15, 0.2) is 85.2 Å². The molecule has 2 aromatic heterocycles. The summed E-state index contributed by atoms with van der Waals surface area (Å²) in [6.45, 7) is -0.00569. The van der Waals surface area contributed by atoms with Gasteiger partial charge in [0, 0.05) is 23.5 Å². The van der Waals surface area contributed by atoms with Crippen LogP contribution in [0, 0.1) is 5.82 Å². The predicted molar refractivity (Wildman–Crippen MR) is 106 cm³/mol. The van der Waals surface area contributed by atoms with Gasteiger partial charge in [0.25, 0.3) is 0 Å². The number of para-hydroxylation sites is 1. The zero-order valence-corrected chi connectivity index (χ0v) is 14.9. The molecule has 2 heterocycles. The average Bonchev–Trinajstić information content (AvgIpc) is 3.19. The molecule has 1 amide bonds. The summed E-state index contributed by atoms with van der Waals surface area (Å²) >= 11 is 0. The van der Waals surface area contributed by atoms with Crippen molar-refractivity contribution in [1.82, 2.24) is 14.8 Å². The summed E-state index contributed by atoms with van der Waals surface area (Å²) in [6.07, 6.45) is 3.48. The number of anilines is 1. The molecule has 0 atom stereocenters. The van der Waals surface area contributed by atoms with E-state index in [0.29, 0.717) is 0 Å². The molecule has 0 saturated carbocycles. The van der Waals surface area contributed by atoms with Crippen molar-refractivity contribution in [3.05, 3.63) is 91.0 Å². The third kappa shape index (κ3) is 3.96. The number of amides is 1. The highest BCUT2D eigenvalue weighted by molar-refractivity contribution is 5.90. The normalized spacial score (nSPS) is 10.6. The molecular weight excluding hydrogens is 355 g/mol. The molecule has 0 radical (unpaired) electrons. The van der Waals surface area contributed by atoms with Gasteiger partial charge in [0.1, 0.15) is 12.4 Å². The lowest BCUT2D eigenvalue weighted by Crippen LogP contribution is -2.19. The summed E-state index contributed by atoms with van der Waals surface area (Å²) in [6, 6.07) is 21.6. The van der Waals surface area contributed by atoms with Gasteiger partial charge in [0.2, 0.25) is 5.91 Å². The second-order valence-corrected chi connectivity index (χ2v) is 6.22. The van der Waals surface area contributed by atoms with Crippen LogP contribution < -0.4 is 5.32 Å². The topological polar surface area (TPSA) is 59.8 Å². The van der Waals surface area contributed by atoms with Crippen LogP contribution >= 0.6 is 0 Å². The van der Waals surface area contributed by atoms with Gasteiger partial charge < -0.3 is 5.32 Å². The van der Waals surface area contributed by atoms with Gasteiger partial charge in [-0.05, 0) is 36.4 Å². The number of hydrogen-bond acceptors (Lipinski definition) is 3. The van der Waals surface area contributed by atoms with E-state index in [2.05, 4.69) is 15.4 Å².